The highest BCUT2D eigenvalue weighted by Gasteiger charge is 2.44. The Kier molecular flexibility index (Phi) is 5.91. The lowest BCUT2D eigenvalue weighted by Gasteiger charge is -2.35. The van der Waals surface area contributed by atoms with Crippen molar-refractivity contribution in [3.63, 3.8) is 0 Å². The minimum Gasteiger partial charge on any atom is -0.377 e. The maximum absolute atomic E-state index is 14.9. The van der Waals surface area contributed by atoms with Gasteiger partial charge in [0.15, 0.2) is 0 Å². The Bertz CT molecular complexity index is 1250. The average molecular weight is 466 g/mol. The molecule has 1 unspecified atom stereocenters. The molecule has 3 aromatic heterocycles. The van der Waals surface area contributed by atoms with E-state index in [2.05, 4.69) is 20.3 Å². The molecular weight excluding hydrogens is 440 g/mol. The Labute approximate surface area is 184 Å². The number of hydrogen-bond acceptors (Lipinski definition) is 7. The number of aromatic amines is 1. The number of alkyl halides is 2. The number of pyridine rings is 2. The predicted molar refractivity (Wildman–Crippen MR) is 118 cm³/mol. The SMILES string of the molecule is CNCc1cc2nc(-c3cc(C(F)(F)S(C)(=O)=O)cc(N4CCOCC4C)n3)ccc2[nH]1. The Balaban J connectivity index is 1.86. The van der Waals surface area contributed by atoms with Crippen LogP contribution in [0.15, 0.2) is 30.3 Å². The van der Waals surface area contributed by atoms with Gasteiger partial charge >= 0.3 is 5.25 Å². The lowest BCUT2D eigenvalue weighted by atomic mass is 10.1. The number of morpholine rings is 1. The Morgan fingerprint density at radius 3 is 2.72 bits per heavy atom. The van der Waals surface area contributed by atoms with E-state index in [9.17, 15) is 17.2 Å². The van der Waals surface area contributed by atoms with Gasteiger partial charge in [-0.2, -0.15) is 8.78 Å². The van der Waals surface area contributed by atoms with E-state index in [0.717, 1.165) is 23.3 Å². The third kappa shape index (κ3) is 4.19. The summed E-state index contributed by atoms with van der Waals surface area (Å²) in [6.45, 7) is 3.83. The summed E-state index contributed by atoms with van der Waals surface area (Å²) in [5, 5.41) is -1.01. The van der Waals surface area contributed by atoms with Crippen molar-refractivity contribution in [2.75, 3.05) is 38.0 Å². The quantitative estimate of drug-likeness (QED) is 0.577. The number of nitrogens with one attached hydrogen (secondary N) is 2. The molecule has 1 aliphatic heterocycles. The molecule has 1 saturated heterocycles. The second kappa shape index (κ2) is 8.38. The van der Waals surface area contributed by atoms with E-state index < -0.39 is 20.7 Å². The summed E-state index contributed by atoms with van der Waals surface area (Å²) in [5.41, 5.74) is 2.32. The van der Waals surface area contributed by atoms with Gasteiger partial charge in [0.25, 0.3) is 0 Å². The van der Waals surface area contributed by atoms with Crippen LogP contribution in [0.5, 0.6) is 0 Å². The number of halogens is 2. The Morgan fingerprint density at radius 1 is 1.25 bits per heavy atom. The fourth-order valence-corrected chi connectivity index (χ4v) is 4.28. The molecule has 0 aliphatic carbocycles. The summed E-state index contributed by atoms with van der Waals surface area (Å²) >= 11 is 0. The van der Waals surface area contributed by atoms with E-state index in [1.807, 2.05) is 24.9 Å². The molecule has 0 spiro atoms. The zero-order valence-electron chi connectivity index (χ0n) is 18.0. The highest BCUT2D eigenvalue weighted by atomic mass is 32.2. The molecule has 1 atom stereocenters. The Morgan fingerprint density at radius 2 is 2.03 bits per heavy atom. The van der Waals surface area contributed by atoms with Gasteiger partial charge in [0, 0.05) is 30.6 Å². The molecule has 2 N–H and O–H groups in total. The van der Waals surface area contributed by atoms with Crippen molar-refractivity contribution in [3.05, 3.63) is 41.6 Å². The van der Waals surface area contributed by atoms with Crippen molar-refractivity contribution in [1.82, 2.24) is 20.3 Å². The molecule has 0 bridgehead atoms. The topological polar surface area (TPSA) is 100 Å². The molecule has 4 rings (SSSR count). The van der Waals surface area contributed by atoms with Crippen molar-refractivity contribution < 1.29 is 21.9 Å². The standard InChI is InChI=1S/C21H25F2N5O3S/c1-13-12-31-7-6-28(13)20-9-14(21(22,23)32(3,29)30)8-18(27-20)17-5-4-16-19(26-17)10-15(25-16)11-24-2/h4-5,8-10,13,24-25H,6-7,11-12H2,1-3H3. The number of hydrogen-bond donors (Lipinski definition) is 2. The van der Waals surface area contributed by atoms with E-state index >= 15 is 0 Å². The second-order valence-electron chi connectivity index (χ2n) is 7.96. The minimum absolute atomic E-state index is 0.101. The highest BCUT2D eigenvalue weighted by molar-refractivity contribution is 7.91. The molecule has 1 fully saturated rings. The van der Waals surface area contributed by atoms with E-state index in [1.54, 1.807) is 12.1 Å². The summed E-state index contributed by atoms with van der Waals surface area (Å²) in [6, 6.07) is 7.50. The zero-order valence-corrected chi connectivity index (χ0v) is 18.8. The number of fused-ring (bicyclic) bond motifs is 1. The number of H-pyrrole nitrogens is 1. The lowest BCUT2D eigenvalue weighted by Crippen LogP contribution is -2.44. The molecule has 0 saturated carbocycles. The normalized spacial score (nSPS) is 17.8. The van der Waals surface area contributed by atoms with Gasteiger partial charge in [0.05, 0.1) is 41.7 Å². The largest absolute Gasteiger partial charge is 0.377 e. The first kappa shape index (κ1) is 22.6. The number of aromatic nitrogens is 3. The lowest BCUT2D eigenvalue weighted by molar-refractivity contribution is 0.0908. The van der Waals surface area contributed by atoms with E-state index in [4.69, 9.17) is 4.74 Å². The fourth-order valence-electron chi connectivity index (χ4n) is 3.74. The summed E-state index contributed by atoms with van der Waals surface area (Å²) < 4.78 is 58.9. The van der Waals surface area contributed by atoms with Gasteiger partial charge in [-0.1, -0.05) is 0 Å². The van der Waals surface area contributed by atoms with Crippen LogP contribution in [-0.4, -0.2) is 62.5 Å². The maximum Gasteiger partial charge on any atom is 0.370 e. The molecular formula is C21H25F2N5O3S. The van der Waals surface area contributed by atoms with E-state index in [0.29, 0.717) is 43.8 Å². The van der Waals surface area contributed by atoms with Crippen molar-refractivity contribution in [2.45, 2.75) is 24.8 Å². The van der Waals surface area contributed by atoms with Gasteiger partial charge in [-0.05, 0) is 44.3 Å². The van der Waals surface area contributed by atoms with Crippen LogP contribution in [0.25, 0.3) is 22.4 Å². The number of rotatable bonds is 6. The van der Waals surface area contributed by atoms with Gasteiger partial charge in [-0.25, -0.2) is 18.4 Å². The van der Waals surface area contributed by atoms with Gasteiger partial charge < -0.3 is 19.9 Å². The van der Waals surface area contributed by atoms with E-state index in [1.165, 1.54) is 0 Å². The van der Waals surface area contributed by atoms with E-state index in [-0.39, 0.29) is 17.6 Å². The number of ether oxygens (including phenoxy) is 1. The highest BCUT2D eigenvalue weighted by Crippen LogP contribution is 2.37. The van der Waals surface area contributed by atoms with Crippen LogP contribution in [0, 0.1) is 0 Å². The third-order valence-corrected chi connectivity index (χ3v) is 6.60. The molecule has 0 amide bonds. The Hall–Kier alpha value is -2.63. The van der Waals surface area contributed by atoms with Crippen molar-refractivity contribution in [1.29, 1.82) is 0 Å². The van der Waals surface area contributed by atoms with Crippen LogP contribution in [0.2, 0.25) is 0 Å². The molecule has 32 heavy (non-hydrogen) atoms. The van der Waals surface area contributed by atoms with Crippen LogP contribution in [0.1, 0.15) is 18.2 Å². The molecule has 8 nitrogen and oxygen atoms in total. The predicted octanol–water partition coefficient (Wildman–Crippen LogP) is 2.66. The van der Waals surface area contributed by atoms with Crippen LogP contribution < -0.4 is 10.2 Å². The number of anilines is 1. The number of sulfone groups is 1. The van der Waals surface area contributed by atoms with Gasteiger partial charge in [0.2, 0.25) is 9.84 Å². The molecule has 172 valence electrons. The van der Waals surface area contributed by atoms with Crippen LogP contribution >= 0.6 is 0 Å². The molecule has 0 aromatic carbocycles. The maximum atomic E-state index is 14.9. The van der Waals surface area contributed by atoms with Crippen LogP contribution in [-0.2, 0) is 26.4 Å². The molecule has 1 aliphatic rings. The molecule has 4 heterocycles. The average Bonchev–Trinajstić information content (AvgIpc) is 3.15. The number of nitrogens with zero attached hydrogens (tertiary/aromatic N) is 3. The molecule has 3 aromatic rings. The van der Waals surface area contributed by atoms with Crippen molar-refractivity contribution in [2.24, 2.45) is 0 Å². The van der Waals surface area contributed by atoms with Crippen molar-refractivity contribution >= 4 is 26.7 Å². The first-order valence-electron chi connectivity index (χ1n) is 10.2. The first-order valence-corrected chi connectivity index (χ1v) is 12.1. The van der Waals surface area contributed by atoms with Crippen molar-refractivity contribution in [3.8, 4) is 11.4 Å². The first-order chi connectivity index (χ1) is 15.1. The van der Waals surface area contributed by atoms with Gasteiger partial charge in [-0.3, -0.25) is 0 Å². The minimum atomic E-state index is -4.69. The summed E-state index contributed by atoms with van der Waals surface area (Å²) in [6.07, 6.45) is 0.525. The fraction of sp³-hybridized carbons (Fsp3) is 0.429. The second-order valence-corrected chi connectivity index (χ2v) is 10.0. The van der Waals surface area contributed by atoms with Gasteiger partial charge in [0.1, 0.15) is 5.82 Å². The summed E-state index contributed by atoms with van der Waals surface area (Å²) in [5.74, 6) is 0.267. The molecule has 0 radical (unpaired) electrons. The van der Waals surface area contributed by atoms with Crippen LogP contribution in [0.3, 0.4) is 0 Å². The summed E-state index contributed by atoms with van der Waals surface area (Å²) in [7, 11) is -2.86. The third-order valence-electron chi connectivity index (χ3n) is 5.44. The van der Waals surface area contributed by atoms with Crippen LogP contribution in [0.4, 0.5) is 14.6 Å². The van der Waals surface area contributed by atoms with Gasteiger partial charge in [-0.15, -0.1) is 0 Å². The smallest absolute Gasteiger partial charge is 0.370 e. The summed E-state index contributed by atoms with van der Waals surface area (Å²) in [4.78, 5) is 14.2. The monoisotopic (exact) mass is 465 g/mol. The zero-order chi connectivity index (χ0) is 23.1. The molecule has 11 heteroatoms.